The third-order valence-electron chi connectivity index (χ3n) is 4.15. The number of carbonyl (C=O) groups is 2. The number of nitrogens with zero attached hydrogens (tertiary/aromatic N) is 1. The standard InChI is InChI=1S/C19H19NO3S/c21-18(20-12-6-7-14(13-20)19(22)23)16-10-4-5-11-17(16)24-15-8-2-1-3-9-15/h1-5,8-11,14H,6-7,12-13H2,(H,22,23)/t14-/m0/s1. The Bertz CT molecular complexity index is 732. The van der Waals surface area contributed by atoms with Gasteiger partial charge in [-0.3, -0.25) is 9.59 Å². The number of piperidine rings is 1. The molecule has 1 fully saturated rings. The van der Waals surface area contributed by atoms with E-state index in [-0.39, 0.29) is 5.91 Å². The summed E-state index contributed by atoms with van der Waals surface area (Å²) >= 11 is 1.55. The van der Waals surface area contributed by atoms with Gasteiger partial charge in [-0.15, -0.1) is 0 Å². The first-order valence-corrected chi connectivity index (χ1v) is 8.81. The molecule has 1 heterocycles. The maximum Gasteiger partial charge on any atom is 0.308 e. The van der Waals surface area contributed by atoms with Crippen molar-refractivity contribution in [3.63, 3.8) is 0 Å². The number of aliphatic carboxylic acids is 1. The van der Waals surface area contributed by atoms with Gasteiger partial charge < -0.3 is 10.0 Å². The molecule has 0 bridgehead atoms. The van der Waals surface area contributed by atoms with Gasteiger partial charge in [-0.05, 0) is 37.1 Å². The molecule has 2 aromatic carbocycles. The molecule has 1 amide bonds. The van der Waals surface area contributed by atoms with Crippen molar-refractivity contribution in [1.29, 1.82) is 0 Å². The van der Waals surface area contributed by atoms with E-state index in [9.17, 15) is 14.7 Å². The molecule has 0 radical (unpaired) electrons. The first-order valence-electron chi connectivity index (χ1n) is 7.99. The minimum Gasteiger partial charge on any atom is -0.481 e. The van der Waals surface area contributed by atoms with E-state index < -0.39 is 11.9 Å². The lowest BCUT2D eigenvalue weighted by atomic mass is 9.97. The van der Waals surface area contributed by atoms with Gasteiger partial charge in [-0.1, -0.05) is 42.1 Å². The van der Waals surface area contributed by atoms with Gasteiger partial charge in [-0.25, -0.2) is 0 Å². The number of likely N-dealkylation sites (tertiary alicyclic amines) is 1. The Morgan fingerprint density at radius 3 is 2.50 bits per heavy atom. The van der Waals surface area contributed by atoms with Gasteiger partial charge in [0.2, 0.25) is 0 Å². The van der Waals surface area contributed by atoms with Crippen molar-refractivity contribution >= 4 is 23.6 Å². The lowest BCUT2D eigenvalue weighted by Crippen LogP contribution is -2.42. The molecule has 0 spiro atoms. The summed E-state index contributed by atoms with van der Waals surface area (Å²) in [6.07, 6.45) is 1.37. The highest BCUT2D eigenvalue weighted by Crippen LogP contribution is 2.31. The Balaban J connectivity index is 1.81. The highest BCUT2D eigenvalue weighted by Gasteiger charge is 2.29. The number of carbonyl (C=O) groups excluding carboxylic acids is 1. The Kier molecular flexibility index (Phi) is 5.20. The minimum atomic E-state index is -0.820. The fourth-order valence-electron chi connectivity index (χ4n) is 2.88. The summed E-state index contributed by atoms with van der Waals surface area (Å²) in [5.41, 5.74) is 0.636. The van der Waals surface area contributed by atoms with Gasteiger partial charge in [0.15, 0.2) is 0 Å². The maximum atomic E-state index is 12.9. The maximum absolute atomic E-state index is 12.9. The number of hydrogen-bond acceptors (Lipinski definition) is 3. The molecule has 2 aromatic rings. The van der Waals surface area contributed by atoms with Crippen molar-refractivity contribution in [2.45, 2.75) is 22.6 Å². The second-order valence-electron chi connectivity index (χ2n) is 5.84. The van der Waals surface area contributed by atoms with Crippen molar-refractivity contribution < 1.29 is 14.7 Å². The van der Waals surface area contributed by atoms with Crippen LogP contribution in [0.15, 0.2) is 64.4 Å². The number of amides is 1. The summed E-state index contributed by atoms with van der Waals surface area (Å²) in [5.74, 6) is -1.36. The van der Waals surface area contributed by atoms with Crippen molar-refractivity contribution in [1.82, 2.24) is 4.90 Å². The Morgan fingerprint density at radius 1 is 1.04 bits per heavy atom. The summed E-state index contributed by atoms with van der Waals surface area (Å²) in [6, 6.07) is 17.4. The van der Waals surface area contributed by atoms with Crippen LogP contribution in [-0.4, -0.2) is 35.0 Å². The number of carboxylic acid groups (broad SMARTS) is 1. The number of rotatable bonds is 4. The SMILES string of the molecule is O=C(O)[C@H]1CCCN(C(=O)c2ccccc2Sc2ccccc2)C1. The predicted molar refractivity (Wildman–Crippen MR) is 93.3 cm³/mol. The van der Waals surface area contributed by atoms with Crippen LogP contribution in [0.3, 0.4) is 0 Å². The van der Waals surface area contributed by atoms with E-state index in [2.05, 4.69) is 0 Å². The summed E-state index contributed by atoms with van der Waals surface area (Å²) in [6.45, 7) is 0.908. The van der Waals surface area contributed by atoms with Gasteiger partial charge >= 0.3 is 5.97 Å². The Morgan fingerprint density at radius 2 is 1.75 bits per heavy atom. The molecule has 5 heteroatoms. The van der Waals surface area contributed by atoms with Crippen LogP contribution in [0.4, 0.5) is 0 Å². The van der Waals surface area contributed by atoms with E-state index in [1.54, 1.807) is 16.7 Å². The quantitative estimate of drug-likeness (QED) is 0.919. The van der Waals surface area contributed by atoms with Crippen molar-refractivity contribution in [2.24, 2.45) is 5.92 Å². The monoisotopic (exact) mass is 341 g/mol. The van der Waals surface area contributed by atoms with Crippen LogP contribution in [0.2, 0.25) is 0 Å². The van der Waals surface area contributed by atoms with Crippen molar-refractivity contribution in [2.75, 3.05) is 13.1 Å². The average molecular weight is 341 g/mol. The normalized spacial score (nSPS) is 17.5. The van der Waals surface area contributed by atoms with E-state index in [4.69, 9.17) is 0 Å². The molecule has 24 heavy (non-hydrogen) atoms. The van der Waals surface area contributed by atoms with Crippen LogP contribution in [0.5, 0.6) is 0 Å². The molecule has 0 aromatic heterocycles. The summed E-state index contributed by atoms with van der Waals surface area (Å²) in [5, 5.41) is 9.22. The van der Waals surface area contributed by atoms with Crippen molar-refractivity contribution in [3.05, 3.63) is 60.2 Å². The van der Waals surface area contributed by atoms with Gasteiger partial charge in [0, 0.05) is 22.9 Å². The van der Waals surface area contributed by atoms with Crippen LogP contribution in [-0.2, 0) is 4.79 Å². The minimum absolute atomic E-state index is 0.0834. The van der Waals surface area contributed by atoms with Gasteiger partial charge in [0.25, 0.3) is 5.91 Å². The third-order valence-corrected chi connectivity index (χ3v) is 5.23. The summed E-state index contributed by atoms with van der Waals surface area (Å²) in [7, 11) is 0. The molecule has 0 unspecified atom stereocenters. The fraction of sp³-hybridized carbons (Fsp3) is 0.263. The molecular formula is C19H19NO3S. The molecule has 3 rings (SSSR count). The zero-order valence-corrected chi connectivity index (χ0v) is 14.0. The molecule has 1 N–H and O–H groups in total. The lowest BCUT2D eigenvalue weighted by molar-refractivity contribution is -0.143. The molecule has 1 aliphatic heterocycles. The molecule has 4 nitrogen and oxygen atoms in total. The number of hydrogen-bond donors (Lipinski definition) is 1. The Hall–Kier alpha value is -2.27. The van der Waals surface area contributed by atoms with Gasteiger partial charge in [-0.2, -0.15) is 0 Å². The predicted octanol–water partition coefficient (Wildman–Crippen LogP) is 3.77. The zero-order chi connectivity index (χ0) is 16.9. The van der Waals surface area contributed by atoms with E-state index in [0.717, 1.165) is 16.2 Å². The molecular weight excluding hydrogens is 322 g/mol. The molecule has 1 aliphatic rings. The average Bonchev–Trinajstić information content (AvgIpc) is 2.62. The van der Waals surface area contributed by atoms with Gasteiger partial charge in [0.1, 0.15) is 0 Å². The number of carboxylic acids is 1. The van der Waals surface area contributed by atoms with Crippen LogP contribution in [0, 0.1) is 5.92 Å². The first-order chi connectivity index (χ1) is 11.6. The molecule has 1 atom stereocenters. The highest BCUT2D eigenvalue weighted by atomic mass is 32.2. The first kappa shape index (κ1) is 16.6. The largest absolute Gasteiger partial charge is 0.481 e. The van der Waals surface area contributed by atoms with E-state index >= 15 is 0 Å². The van der Waals surface area contributed by atoms with Crippen LogP contribution in [0.25, 0.3) is 0 Å². The number of benzene rings is 2. The summed E-state index contributed by atoms with van der Waals surface area (Å²) in [4.78, 5) is 27.8. The third kappa shape index (κ3) is 3.79. The lowest BCUT2D eigenvalue weighted by Gasteiger charge is -2.31. The fourth-order valence-corrected chi connectivity index (χ4v) is 3.84. The second kappa shape index (κ2) is 7.53. The van der Waals surface area contributed by atoms with E-state index in [1.165, 1.54) is 0 Å². The Labute approximate surface area is 145 Å². The molecule has 1 saturated heterocycles. The van der Waals surface area contributed by atoms with E-state index in [0.29, 0.717) is 25.1 Å². The molecule has 124 valence electrons. The smallest absolute Gasteiger partial charge is 0.308 e. The zero-order valence-electron chi connectivity index (χ0n) is 13.2. The summed E-state index contributed by atoms with van der Waals surface area (Å²) < 4.78 is 0. The van der Waals surface area contributed by atoms with Crippen molar-refractivity contribution in [3.8, 4) is 0 Å². The van der Waals surface area contributed by atoms with Crippen LogP contribution < -0.4 is 0 Å². The topological polar surface area (TPSA) is 57.6 Å². The van der Waals surface area contributed by atoms with E-state index in [1.807, 2.05) is 54.6 Å². The van der Waals surface area contributed by atoms with Gasteiger partial charge in [0.05, 0.1) is 11.5 Å². The van der Waals surface area contributed by atoms with Crippen LogP contribution >= 0.6 is 11.8 Å². The molecule has 0 saturated carbocycles. The molecule has 0 aliphatic carbocycles. The second-order valence-corrected chi connectivity index (χ2v) is 6.96. The highest BCUT2D eigenvalue weighted by molar-refractivity contribution is 7.99. The van der Waals surface area contributed by atoms with Crippen LogP contribution in [0.1, 0.15) is 23.2 Å².